The molecule has 2 saturated heterocycles. The van der Waals surface area contributed by atoms with Crippen LogP contribution in [0.25, 0.3) is 10.9 Å². The van der Waals surface area contributed by atoms with E-state index in [0.717, 1.165) is 68.7 Å². The highest BCUT2D eigenvalue weighted by Gasteiger charge is 2.24. The zero-order chi connectivity index (χ0) is 25.8. The maximum atomic E-state index is 12.9. The number of aromatic hydroxyl groups is 1. The van der Waals surface area contributed by atoms with Crippen molar-refractivity contribution in [3.63, 3.8) is 0 Å². The van der Waals surface area contributed by atoms with Crippen LogP contribution in [0.1, 0.15) is 39.1 Å². The molecule has 0 aliphatic carbocycles. The van der Waals surface area contributed by atoms with Gasteiger partial charge in [-0.3, -0.25) is 19.2 Å². The SMILES string of the molecule is Cc1cc2nn(CC3CCN(C(=O)c4ccc(O)cc4)CC3)cc2cc1C(=O)NCCN1CCOCC1. The number of fused-ring (bicyclic) bond motifs is 1. The van der Waals surface area contributed by atoms with Crippen molar-refractivity contribution in [3.05, 3.63) is 59.3 Å². The molecule has 9 heteroatoms. The molecule has 0 unspecified atom stereocenters. The van der Waals surface area contributed by atoms with Crippen molar-refractivity contribution < 1.29 is 19.4 Å². The second-order valence-electron chi connectivity index (χ2n) is 10.1. The molecule has 2 N–H and O–H groups in total. The largest absolute Gasteiger partial charge is 0.508 e. The number of morpholine rings is 1. The fraction of sp³-hybridized carbons (Fsp3) is 0.464. The first-order valence-electron chi connectivity index (χ1n) is 13.1. The molecule has 9 nitrogen and oxygen atoms in total. The first kappa shape index (κ1) is 25.2. The molecule has 2 amide bonds. The van der Waals surface area contributed by atoms with Gasteiger partial charge >= 0.3 is 0 Å². The Morgan fingerprint density at radius 1 is 1.08 bits per heavy atom. The molecule has 2 aliphatic heterocycles. The fourth-order valence-electron chi connectivity index (χ4n) is 5.18. The summed E-state index contributed by atoms with van der Waals surface area (Å²) in [5.74, 6) is 0.552. The van der Waals surface area contributed by atoms with Crippen LogP contribution in [0.4, 0.5) is 0 Å². The third-order valence-electron chi connectivity index (χ3n) is 7.42. The van der Waals surface area contributed by atoms with Crippen molar-refractivity contribution in [1.82, 2.24) is 24.9 Å². The zero-order valence-electron chi connectivity index (χ0n) is 21.4. The minimum absolute atomic E-state index is 0.00880. The normalized spacial score (nSPS) is 17.3. The molecule has 2 aliphatic rings. The zero-order valence-corrected chi connectivity index (χ0v) is 21.4. The van der Waals surface area contributed by atoms with Crippen LogP contribution >= 0.6 is 0 Å². The predicted molar refractivity (Wildman–Crippen MR) is 141 cm³/mol. The van der Waals surface area contributed by atoms with Gasteiger partial charge in [-0.25, -0.2) is 0 Å². The maximum Gasteiger partial charge on any atom is 0.253 e. The number of nitrogens with zero attached hydrogens (tertiary/aromatic N) is 4. The van der Waals surface area contributed by atoms with Gasteiger partial charge in [0.2, 0.25) is 0 Å². The Morgan fingerprint density at radius 3 is 2.54 bits per heavy atom. The summed E-state index contributed by atoms with van der Waals surface area (Å²) in [6, 6.07) is 10.4. The van der Waals surface area contributed by atoms with E-state index in [2.05, 4.69) is 10.2 Å². The maximum absolute atomic E-state index is 12.9. The minimum Gasteiger partial charge on any atom is -0.508 e. The van der Waals surface area contributed by atoms with Gasteiger partial charge in [0.15, 0.2) is 0 Å². The molecule has 5 rings (SSSR count). The Bertz CT molecular complexity index is 1240. The van der Waals surface area contributed by atoms with E-state index < -0.39 is 0 Å². The molecule has 0 radical (unpaired) electrons. The van der Waals surface area contributed by atoms with E-state index in [9.17, 15) is 14.7 Å². The Balaban J connectivity index is 1.15. The van der Waals surface area contributed by atoms with Crippen LogP contribution in [0, 0.1) is 12.8 Å². The molecule has 0 spiro atoms. The summed E-state index contributed by atoms with van der Waals surface area (Å²) < 4.78 is 7.36. The van der Waals surface area contributed by atoms with Crippen LogP contribution in [0.2, 0.25) is 0 Å². The summed E-state index contributed by atoms with van der Waals surface area (Å²) >= 11 is 0. The monoisotopic (exact) mass is 505 g/mol. The quantitative estimate of drug-likeness (QED) is 0.512. The van der Waals surface area contributed by atoms with E-state index in [1.807, 2.05) is 34.8 Å². The van der Waals surface area contributed by atoms with Gasteiger partial charge in [0.05, 0.1) is 18.7 Å². The number of amides is 2. The van der Waals surface area contributed by atoms with Gasteiger partial charge in [-0.1, -0.05) is 0 Å². The van der Waals surface area contributed by atoms with E-state index in [-0.39, 0.29) is 17.6 Å². The number of benzene rings is 2. The molecule has 1 aromatic heterocycles. The molecule has 0 atom stereocenters. The predicted octanol–water partition coefficient (Wildman–Crippen LogP) is 2.66. The van der Waals surface area contributed by atoms with E-state index in [4.69, 9.17) is 9.84 Å². The number of carbonyl (C=O) groups is 2. The number of nitrogens with one attached hydrogen (secondary N) is 1. The molecule has 3 aromatic rings. The number of hydrogen-bond donors (Lipinski definition) is 2. The molecule has 196 valence electrons. The molecular formula is C28H35N5O4. The van der Waals surface area contributed by atoms with E-state index >= 15 is 0 Å². The number of carbonyl (C=O) groups excluding carboxylic acids is 2. The fourth-order valence-corrected chi connectivity index (χ4v) is 5.18. The van der Waals surface area contributed by atoms with Crippen molar-refractivity contribution in [3.8, 4) is 5.75 Å². The van der Waals surface area contributed by atoms with Crippen LogP contribution in [0.15, 0.2) is 42.6 Å². The number of aromatic nitrogens is 2. The summed E-state index contributed by atoms with van der Waals surface area (Å²) in [6.45, 7) is 8.93. The second-order valence-corrected chi connectivity index (χ2v) is 10.1. The summed E-state index contributed by atoms with van der Waals surface area (Å²) in [5, 5.41) is 18.2. The lowest BCUT2D eigenvalue weighted by Crippen LogP contribution is -2.41. The lowest BCUT2D eigenvalue weighted by molar-refractivity contribution is 0.0383. The second kappa shape index (κ2) is 11.3. The smallest absolute Gasteiger partial charge is 0.253 e. The topological polar surface area (TPSA) is 99.9 Å². The summed E-state index contributed by atoms with van der Waals surface area (Å²) in [6.07, 6.45) is 3.85. The summed E-state index contributed by atoms with van der Waals surface area (Å²) in [5.41, 5.74) is 3.10. The number of piperidine rings is 1. The molecular weight excluding hydrogens is 470 g/mol. The molecule has 2 aromatic carbocycles. The average molecular weight is 506 g/mol. The molecule has 2 fully saturated rings. The van der Waals surface area contributed by atoms with Gasteiger partial charge < -0.3 is 20.1 Å². The number of aryl methyl sites for hydroxylation is 1. The minimum atomic E-state index is -0.0499. The lowest BCUT2D eigenvalue weighted by atomic mass is 9.96. The highest BCUT2D eigenvalue weighted by Crippen LogP contribution is 2.24. The number of likely N-dealkylation sites (tertiary alicyclic amines) is 1. The van der Waals surface area contributed by atoms with Crippen molar-refractivity contribution in [2.24, 2.45) is 5.92 Å². The molecule has 0 bridgehead atoms. The van der Waals surface area contributed by atoms with Gasteiger partial charge in [0, 0.05) is 68.5 Å². The summed E-state index contributed by atoms with van der Waals surface area (Å²) in [4.78, 5) is 29.8. The van der Waals surface area contributed by atoms with E-state index in [0.29, 0.717) is 36.7 Å². The van der Waals surface area contributed by atoms with Crippen molar-refractivity contribution in [1.29, 1.82) is 0 Å². The van der Waals surface area contributed by atoms with Crippen molar-refractivity contribution in [2.75, 3.05) is 52.5 Å². The number of ether oxygens (including phenoxy) is 1. The summed E-state index contributed by atoms with van der Waals surface area (Å²) in [7, 11) is 0. The Labute approximate surface area is 217 Å². The molecule has 3 heterocycles. The van der Waals surface area contributed by atoms with Gasteiger partial charge in [0.25, 0.3) is 11.8 Å². The van der Waals surface area contributed by atoms with E-state index in [1.54, 1.807) is 24.3 Å². The van der Waals surface area contributed by atoms with Gasteiger partial charge in [-0.15, -0.1) is 0 Å². The molecule has 0 saturated carbocycles. The number of rotatable bonds is 7. The standard InChI is InChI=1S/C28H35N5O4/c1-20-16-26-23(17-25(20)27(35)29-8-11-31-12-14-37-15-13-31)19-33(30-26)18-21-6-9-32(10-7-21)28(36)22-2-4-24(34)5-3-22/h2-5,16-17,19,21,34H,6-15,18H2,1H3,(H,29,35). The van der Waals surface area contributed by atoms with Crippen molar-refractivity contribution in [2.45, 2.75) is 26.3 Å². The first-order chi connectivity index (χ1) is 18.0. The lowest BCUT2D eigenvalue weighted by Gasteiger charge is -2.32. The average Bonchev–Trinajstić information content (AvgIpc) is 3.30. The Kier molecular flexibility index (Phi) is 7.71. The van der Waals surface area contributed by atoms with E-state index in [1.165, 1.54) is 0 Å². The van der Waals surface area contributed by atoms with Gasteiger partial charge in [-0.2, -0.15) is 5.10 Å². The Morgan fingerprint density at radius 2 is 1.81 bits per heavy atom. The third kappa shape index (κ3) is 6.11. The van der Waals surface area contributed by atoms with Crippen LogP contribution in [0.5, 0.6) is 5.75 Å². The van der Waals surface area contributed by atoms with Crippen LogP contribution in [-0.4, -0.2) is 89.0 Å². The van der Waals surface area contributed by atoms with Crippen LogP contribution in [0.3, 0.4) is 0 Å². The highest BCUT2D eigenvalue weighted by atomic mass is 16.5. The third-order valence-corrected chi connectivity index (χ3v) is 7.42. The number of phenolic OH excluding ortho intramolecular Hbond substituents is 1. The van der Waals surface area contributed by atoms with Crippen LogP contribution < -0.4 is 5.32 Å². The highest BCUT2D eigenvalue weighted by molar-refractivity contribution is 5.99. The number of phenols is 1. The Hall–Kier alpha value is -3.43. The van der Waals surface area contributed by atoms with Gasteiger partial charge in [-0.05, 0) is 67.6 Å². The molecule has 37 heavy (non-hydrogen) atoms. The van der Waals surface area contributed by atoms with Gasteiger partial charge in [0.1, 0.15) is 5.75 Å². The first-order valence-corrected chi connectivity index (χ1v) is 13.1. The number of hydrogen-bond acceptors (Lipinski definition) is 6. The van der Waals surface area contributed by atoms with Crippen molar-refractivity contribution >= 4 is 22.7 Å². The van der Waals surface area contributed by atoms with Crippen LogP contribution in [-0.2, 0) is 11.3 Å².